The lowest BCUT2D eigenvalue weighted by molar-refractivity contribution is -0.116. The average molecular weight is 366 g/mol. The van der Waals surface area contributed by atoms with Crippen LogP contribution < -0.4 is 15.6 Å². The normalized spacial score (nSPS) is 15.9. The van der Waals surface area contributed by atoms with Gasteiger partial charge >= 0.3 is 0 Å². The molecule has 2 heterocycles. The van der Waals surface area contributed by atoms with Crippen LogP contribution in [0.4, 0.5) is 5.69 Å². The van der Waals surface area contributed by atoms with Crippen molar-refractivity contribution >= 4 is 35.0 Å². The Labute approximate surface area is 148 Å². The number of aryl methyl sites for hydroxylation is 1. The number of aromatic nitrogens is 2. The van der Waals surface area contributed by atoms with Crippen LogP contribution in [0.1, 0.15) is 18.2 Å². The van der Waals surface area contributed by atoms with Gasteiger partial charge in [0.15, 0.2) is 5.16 Å². The minimum absolute atomic E-state index is 0.124. The molecule has 1 atom stereocenters. The standard InChI is InChI=1S/C16H16ClN3O3S/c1-9-5-15(22)20-11(8-24-16(20)18-9)7-14(21)19-12-6-10(17)3-4-13(12)23-2/h3-6,11H,7-8H2,1-2H3,(H,19,21)/t11-/m1/s1. The molecule has 0 fully saturated rings. The molecular weight excluding hydrogens is 350 g/mol. The highest BCUT2D eigenvalue weighted by Crippen LogP contribution is 2.33. The van der Waals surface area contributed by atoms with Gasteiger partial charge in [0.2, 0.25) is 5.91 Å². The van der Waals surface area contributed by atoms with Crippen LogP contribution in [0.25, 0.3) is 0 Å². The van der Waals surface area contributed by atoms with E-state index in [4.69, 9.17) is 16.3 Å². The summed E-state index contributed by atoms with van der Waals surface area (Å²) >= 11 is 7.45. The molecule has 8 heteroatoms. The van der Waals surface area contributed by atoms with E-state index in [2.05, 4.69) is 10.3 Å². The molecule has 0 aliphatic carbocycles. The lowest BCUT2D eigenvalue weighted by Crippen LogP contribution is -2.27. The zero-order valence-electron chi connectivity index (χ0n) is 13.2. The molecule has 1 aliphatic rings. The number of hydrogen-bond donors (Lipinski definition) is 1. The molecule has 0 radical (unpaired) electrons. The number of carbonyl (C=O) groups excluding carboxylic acids is 1. The Morgan fingerprint density at radius 1 is 1.50 bits per heavy atom. The molecular formula is C16H16ClN3O3S. The van der Waals surface area contributed by atoms with Gasteiger partial charge in [-0.1, -0.05) is 23.4 Å². The maximum atomic E-state index is 12.4. The first kappa shape index (κ1) is 16.9. The van der Waals surface area contributed by atoms with E-state index >= 15 is 0 Å². The van der Waals surface area contributed by atoms with Crippen molar-refractivity contribution in [2.24, 2.45) is 0 Å². The third-order valence-corrected chi connectivity index (χ3v) is 5.01. The third-order valence-electron chi connectivity index (χ3n) is 3.67. The number of benzene rings is 1. The Bertz CT molecular complexity index is 853. The molecule has 126 valence electrons. The molecule has 3 rings (SSSR count). The number of thioether (sulfide) groups is 1. The second-order valence-corrected chi connectivity index (χ2v) is 6.87. The summed E-state index contributed by atoms with van der Waals surface area (Å²) in [5.41, 5.74) is 1.07. The summed E-state index contributed by atoms with van der Waals surface area (Å²) in [6, 6.07) is 6.28. The Balaban J connectivity index is 1.76. The molecule has 1 aromatic heterocycles. The highest BCUT2D eigenvalue weighted by atomic mass is 35.5. The van der Waals surface area contributed by atoms with Crippen LogP contribution in [0.15, 0.2) is 34.2 Å². The number of nitrogens with zero attached hydrogens (tertiary/aromatic N) is 2. The average Bonchev–Trinajstić information content (AvgIpc) is 2.90. The van der Waals surface area contributed by atoms with E-state index < -0.39 is 0 Å². The molecule has 0 unspecified atom stereocenters. The zero-order valence-corrected chi connectivity index (χ0v) is 14.8. The lowest BCUT2D eigenvalue weighted by atomic mass is 10.2. The molecule has 0 spiro atoms. The maximum absolute atomic E-state index is 12.4. The highest BCUT2D eigenvalue weighted by Gasteiger charge is 2.27. The summed E-state index contributed by atoms with van der Waals surface area (Å²) in [5.74, 6) is 0.969. The van der Waals surface area contributed by atoms with Gasteiger partial charge in [-0.05, 0) is 25.1 Å². The summed E-state index contributed by atoms with van der Waals surface area (Å²) in [4.78, 5) is 28.9. The van der Waals surface area contributed by atoms with Crippen LogP contribution in [-0.4, -0.2) is 28.3 Å². The van der Waals surface area contributed by atoms with E-state index in [1.807, 2.05) is 0 Å². The predicted molar refractivity (Wildman–Crippen MR) is 94.2 cm³/mol. The van der Waals surface area contributed by atoms with Crippen LogP contribution in [0.5, 0.6) is 5.75 Å². The number of fused-ring (bicyclic) bond motifs is 1. The maximum Gasteiger partial charge on any atom is 0.254 e. The summed E-state index contributed by atoms with van der Waals surface area (Å²) < 4.78 is 6.81. The summed E-state index contributed by atoms with van der Waals surface area (Å²) in [6.07, 6.45) is 0.181. The zero-order chi connectivity index (χ0) is 17.3. The van der Waals surface area contributed by atoms with Crippen molar-refractivity contribution in [2.75, 3.05) is 18.2 Å². The first-order valence-electron chi connectivity index (χ1n) is 7.34. The van der Waals surface area contributed by atoms with Crippen molar-refractivity contribution in [3.8, 4) is 5.75 Å². The Hall–Kier alpha value is -1.99. The van der Waals surface area contributed by atoms with Gasteiger partial charge in [-0.3, -0.25) is 14.2 Å². The Kier molecular flexibility index (Phi) is 4.82. The van der Waals surface area contributed by atoms with Gasteiger partial charge in [-0.25, -0.2) is 4.98 Å². The summed E-state index contributed by atoms with van der Waals surface area (Å²) in [6.45, 7) is 1.79. The highest BCUT2D eigenvalue weighted by molar-refractivity contribution is 7.99. The SMILES string of the molecule is COc1ccc(Cl)cc1NC(=O)C[C@@H]1CSc2nc(C)cc(=O)n21. The summed E-state index contributed by atoms with van der Waals surface area (Å²) in [5, 5.41) is 3.97. The van der Waals surface area contributed by atoms with Gasteiger partial charge in [0.1, 0.15) is 5.75 Å². The fraction of sp³-hybridized carbons (Fsp3) is 0.312. The van der Waals surface area contributed by atoms with Gasteiger partial charge in [0, 0.05) is 29.0 Å². The Morgan fingerprint density at radius 2 is 2.29 bits per heavy atom. The van der Waals surface area contributed by atoms with Gasteiger partial charge in [-0.15, -0.1) is 0 Å². The molecule has 0 bridgehead atoms. The number of anilines is 1. The second kappa shape index (κ2) is 6.86. The van der Waals surface area contributed by atoms with E-state index in [-0.39, 0.29) is 23.9 Å². The number of methoxy groups -OCH3 is 1. The number of amides is 1. The van der Waals surface area contributed by atoms with Crippen molar-refractivity contribution in [1.29, 1.82) is 0 Å². The second-order valence-electron chi connectivity index (χ2n) is 5.45. The van der Waals surface area contributed by atoms with E-state index in [1.165, 1.54) is 24.9 Å². The molecule has 6 nitrogen and oxygen atoms in total. The molecule has 1 aliphatic heterocycles. The number of hydrogen-bond acceptors (Lipinski definition) is 5. The van der Waals surface area contributed by atoms with Crippen LogP contribution in [0.3, 0.4) is 0 Å². The largest absolute Gasteiger partial charge is 0.495 e. The predicted octanol–water partition coefficient (Wildman–Crippen LogP) is 2.89. The van der Waals surface area contributed by atoms with Crippen LogP contribution in [0, 0.1) is 6.92 Å². The van der Waals surface area contributed by atoms with Gasteiger partial charge in [0.05, 0.1) is 18.8 Å². The number of halogens is 1. The molecule has 24 heavy (non-hydrogen) atoms. The summed E-state index contributed by atoms with van der Waals surface area (Å²) in [7, 11) is 1.52. The van der Waals surface area contributed by atoms with E-state index in [0.717, 1.165) is 0 Å². The van der Waals surface area contributed by atoms with Crippen molar-refractivity contribution in [1.82, 2.24) is 9.55 Å². The monoisotopic (exact) mass is 365 g/mol. The number of rotatable bonds is 4. The van der Waals surface area contributed by atoms with Crippen molar-refractivity contribution < 1.29 is 9.53 Å². The van der Waals surface area contributed by atoms with E-state index in [0.29, 0.717) is 33.1 Å². The molecule has 0 saturated carbocycles. The molecule has 0 saturated heterocycles. The topological polar surface area (TPSA) is 73.2 Å². The molecule has 1 N–H and O–H groups in total. The van der Waals surface area contributed by atoms with E-state index in [9.17, 15) is 9.59 Å². The first-order valence-corrected chi connectivity index (χ1v) is 8.70. The Morgan fingerprint density at radius 3 is 3.04 bits per heavy atom. The molecule has 1 amide bonds. The van der Waals surface area contributed by atoms with E-state index in [1.54, 1.807) is 29.7 Å². The van der Waals surface area contributed by atoms with Gasteiger partial charge in [0.25, 0.3) is 5.56 Å². The van der Waals surface area contributed by atoms with Crippen molar-refractivity contribution in [3.05, 3.63) is 45.3 Å². The smallest absolute Gasteiger partial charge is 0.254 e. The molecule has 2 aromatic rings. The van der Waals surface area contributed by atoms with Gasteiger partial charge in [-0.2, -0.15) is 0 Å². The quantitative estimate of drug-likeness (QED) is 0.843. The van der Waals surface area contributed by atoms with Crippen molar-refractivity contribution in [2.45, 2.75) is 24.5 Å². The number of carbonyl (C=O) groups is 1. The first-order chi connectivity index (χ1) is 11.5. The fourth-order valence-corrected chi connectivity index (χ4v) is 3.97. The number of ether oxygens (including phenoxy) is 1. The van der Waals surface area contributed by atoms with Crippen LogP contribution >= 0.6 is 23.4 Å². The van der Waals surface area contributed by atoms with Crippen molar-refractivity contribution in [3.63, 3.8) is 0 Å². The minimum Gasteiger partial charge on any atom is -0.495 e. The third kappa shape index (κ3) is 3.42. The fourth-order valence-electron chi connectivity index (χ4n) is 2.61. The van der Waals surface area contributed by atoms with Gasteiger partial charge < -0.3 is 10.1 Å². The minimum atomic E-state index is -0.212. The van der Waals surface area contributed by atoms with Crippen LogP contribution in [0.2, 0.25) is 5.02 Å². The lowest BCUT2D eigenvalue weighted by Gasteiger charge is -2.14. The number of nitrogens with one attached hydrogen (secondary N) is 1. The van der Waals surface area contributed by atoms with Crippen LogP contribution in [-0.2, 0) is 4.79 Å². The molecule has 1 aromatic carbocycles.